The van der Waals surface area contributed by atoms with Crippen molar-refractivity contribution < 1.29 is 4.79 Å². The average Bonchev–Trinajstić information content (AvgIpc) is 2.25. The maximum Gasteiger partial charge on any atom is 0.234 e. The lowest BCUT2D eigenvalue weighted by Gasteiger charge is -2.33. The minimum atomic E-state index is -0.238. The van der Waals surface area contributed by atoms with Gasteiger partial charge in [-0.2, -0.15) is 0 Å². The first-order valence-corrected chi connectivity index (χ1v) is 5.30. The molecule has 0 aromatic carbocycles. The standard InChI is InChI=1S/C9H17N5O/c10-9(15)8-4-1-2-6-14(8)7-3-5-12-13-11/h8H,1-7H2,(H2,10,15). The quantitative estimate of drug-likeness (QED) is 0.318. The molecular weight excluding hydrogens is 194 g/mol. The van der Waals surface area contributed by atoms with Gasteiger partial charge in [-0.3, -0.25) is 9.69 Å². The highest BCUT2D eigenvalue weighted by Gasteiger charge is 2.25. The summed E-state index contributed by atoms with van der Waals surface area (Å²) in [5.74, 6) is -0.238. The van der Waals surface area contributed by atoms with Crippen LogP contribution in [0.5, 0.6) is 0 Å². The fourth-order valence-electron chi connectivity index (χ4n) is 1.97. The van der Waals surface area contributed by atoms with E-state index in [0.29, 0.717) is 6.54 Å². The molecule has 84 valence electrons. The van der Waals surface area contributed by atoms with Crippen LogP contribution in [-0.4, -0.2) is 36.5 Å². The van der Waals surface area contributed by atoms with Crippen LogP contribution >= 0.6 is 0 Å². The monoisotopic (exact) mass is 211 g/mol. The Bertz CT molecular complexity index is 261. The van der Waals surface area contributed by atoms with Gasteiger partial charge in [0.05, 0.1) is 6.04 Å². The molecule has 1 aliphatic heterocycles. The number of nitrogens with zero attached hydrogens (tertiary/aromatic N) is 4. The van der Waals surface area contributed by atoms with Crippen LogP contribution in [0.15, 0.2) is 5.11 Å². The van der Waals surface area contributed by atoms with Gasteiger partial charge >= 0.3 is 0 Å². The van der Waals surface area contributed by atoms with Crippen LogP contribution in [0.1, 0.15) is 25.7 Å². The molecule has 1 rings (SSSR count). The zero-order chi connectivity index (χ0) is 11.1. The Kier molecular flexibility index (Phi) is 4.93. The average molecular weight is 211 g/mol. The maximum absolute atomic E-state index is 11.2. The summed E-state index contributed by atoms with van der Waals surface area (Å²) in [6.45, 7) is 2.19. The minimum absolute atomic E-state index is 0.121. The first kappa shape index (κ1) is 11.8. The van der Waals surface area contributed by atoms with Crippen molar-refractivity contribution >= 4 is 5.91 Å². The third-order valence-electron chi connectivity index (χ3n) is 2.71. The second kappa shape index (κ2) is 6.27. The van der Waals surface area contributed by atoms with Crippen LogP contribution in [0.4, 0.5) is 0 Å². The number of amides is 1. The normalized spacial score (nSPS) is 22.0. The smallest absolute Gasteiger partial charge is 0.234 e. The van der Waals surface area contributed by atoms with Gasteiger partial charge in [0.2, 0.25) is 5.91 Å². The number of likely N-dealkylation sites (tertiary alicyclic amines) is 1. The Morgan fingerprint density at radius 3 is 3.07 bits per heavy atom. The number of primary amides is 1. The van der Waals surface area contributed by atoms with Gasteiger partial charge < -0.3 is 5.73 Å². The molecule has 15 heavy (non-hydrogen) atoms. The zero-order valence-electron chi connectivity index (χ0n) is 8.80. The molecule has 2 N–H and O–H groups in total. The van der Waals surface area contributed by atoms with Gasteiger partial charge in [0.15, 0.2) is 0 Å². The van der Waals surface area contributed by atoms with Crippen molar-refractivity contribution in [3.63, 3.8) is 0 Å². The van der Waals surface area contributed by atoms with Gasteiger partial charge in [-0.25, -0.2) is 0 Å². The van der Waals surface area contributed by atoms with Crippen LogP contribution in [0.2, 0.25) is 0 Å². The fraction of sp³-hybridized carbons (Fsp3) is 0.889. The summed E-state index contributed by atoms with van der Waals surface area (Å²) in [5, 5.41) is 3.46. The third-order valence-corrected chi connectivity index (χ3v) is 2.71. The Morgan fingerprint density at radius 2 is 2.40 bits per heavy atom. The molecule has 0 aromatic rings. The zero-order valence-corrected chi connectivity index (χ0v) is 8.80. The number of carbonyl (C=O) groups excluding carboxylic acids is 1. The first-order chi connectivity index (χ1) is 7.25. The predicted molar refractivity (Wildman–Crippen MR) is 57.0 cm³/mol. The van der Waals surface area contributed by atoms with E-state index in [0.717, 1.165) is 38.8 Å². The summed E-state index contributed by atoms with van der Waals surface area (Å²) in [4.78, 5) is 15.9. The molecule has 0 radical (unpaired) electrons. The lowest BCUT2D eigenvalue weighted by Crippen LogP contribution is -2.48. The van der Waals surface area contributed by atoms with Crippen molar-refractivity contribution in [3.05, 3.63) is 10.4 Å². The van der Waals surface area contributed by atoms with Gasteiger partial charge in [0, 0.05) is 11.5 Å². The summed E-state index contributed by atoms with van der Waals surface area (Å²) in [6.07, 6.45) is 3.83. The lowest BCUT2D eigenvalue weighted by atomic mass is 10.0. The minimum Gasteiger partial charge on any atom is -0.368 e. The van der Waals surface area contributed by atoms with Gasteiger partial charge in [-0.15, -0.1) is 0 Å². The molecule has 0 aromatic heterocycles. The summed E-state index contributed by atoms with van der Waals surface area (Å²) in [6, 6.07) is -0.121. The van der Waals surface area contributed by atoms with E-state index in [2.05, 4.69) is 14.9 Å². The second-order valence-electron chi connectivity index (χ2n) is 3.76. The molecule has 6 nitrogen and oxygen atoms in total. The predicted octanol–water partition coefficient (Wildman–Crippen LogP) is 1.03. The summed E-state index contributed by atoms with van der Waals surface area (Å²) in [7, 11) is 0. The third kappa shape index (κ3) is 3.77. The molecule has 1 saturated heterocycles. The lowest BCUT2D eigenvalue weighted by molar-refractivity contribution is -0.124. The summed E-state index contributed by atoms with van der Waals surface area (Å²) >= 11 is 0. The van der Waals surface area contributed by atoms with Crippen molar-refractivity contribution in [3.8, 4) is 0 Å². The Labute approximate surface area is 89.0 Å². The van der Waals surface area contributed by atoms with Gasteiger partial charge in [-0.1, -0.05) is 11.5 Å². The van der Waals surface area contributed by atoms with E-state index < -0.39 is 0 Å². The van der Waals surface area contributed by atoms with E-state index in [4.69, 9.17) is 11.3 Å². The van der Waals surface area contributed by atoms with E-state index in [1.54, 1.807) is 0 Å². The van der Waals surface area contributed by atoms with Crippen LogP contribution in [0.3, 0.4) is 0 Å². The molecule has 0 spiro atoms. The Balaban J connectivity index is 2.35. The highest BCUT2D eigenvalue weighted by molar-refractivity contribution is 5.79. The Hall–Kier alpha value is -1.26. The fourth-order valence-corrected chi connectivity index (χ4v) is 1.97. The van der Waals surface area contributed by atoms with Gasteiger partial charge in [0.25, 0.3) is 0 Å². The Morgan fingerprint density at radius 1 is 1.60 bits per heavy atom. The van der Waals surface area contributed by atoms with Crippen molar-refractivity contribution in [1.82, 2.24) is 4.90 Å². The van der Waals surface area contributed by atoms with E-state index in [1.807, 2.05) is 0 Å². The van der Waals surface area contributed by atoms with E-state index in [1.165, 1.54) is 0 Å². The number of hydrogen-bond acceptors (Lipinski definition) is 3. The number of piperidine rings is 1. The second-order valence-corrected chi connectivity index (χ2v) is 3.76. The van der Waals surface area contributed by atoms with Crippen molar-refractivity contribution in [2.45, 2.75) is 31.7 Å². The van der Waals surface area contributed by atoms with Crippen LogP contribution in [0.25, 0.3) is 10.4 Å². The number of azide groups is 1. The van der Waals surface area contributed by atoms with Crippen molar-refractivity contribution in [1.29, 1.82) is 0 Å². The first-order valence-electron chi connectivity index (χ1n) is 5.30. The SMILES string of the molecule is [N-]=[N+]=NCCCN1CCCCC1C(N)=O. The van der Waals surface area contributed by atoms with Crippen molar-refractivity contribution in [2.24, 2.45) is 10.8 Å². The van der Waals surface area contributed by atoms with E-state index in [-0.39, 0.29) is 11.9 Å². The van der Waals surface area contributed by atoms with Gasteiger partial charge in [-0.05, 0) is 37.9 Å². The molecule has 1 unspecified atom stereocenters. The molecular formula is C9H17N5O. The number of rotatable bonds is 5. The summed E-state index contributed by atoms with van der Waals surface area (Å²) < 4.78 is 0. The number of hydrogen-bond donors (Lipinski definition) is 1. The topological polar surface area (TPSA) is 95.1 Å². The van der Waals surface area contributed by atoms with E-state index >= 15 is 0 Å². The highest BCUT2D eigenvalue weighted by Crippen LogP contribution is 2.16. The molecule has 0 aliphatic carbocycles. The largest absolute Gasteiger partial charge is 0.368 e. The van der Waals surface area contributed by atoms with Crippen LogP contribution in [-0.2, 0) is 4.79 Å². The van der Waals surface area contributed by atoms with Gasteiger partial charge in [0.1, 0.15) is 0 Å². The maximum atomic E-state index is 11.2. The van der Waals surface area contributed by atoms with Crippen LogP contribution < -0.4 is 5.73 Å². The number of carbonyl (C=O) groups is 1. The van der Waals surface area contributed by atoms with E-state index in [9.17, 15) is 4.79 Å². The summed E-state index contributed by atoms with van der Waals surface area (Å²) in [5.41, 5.74) is 13.4. The highest BCUT2D eigenvalue weighted by atomic mass is 16.1. The molecule has 0 saturated carbocycles. The number of nitrogens with two attached hydrogens (primary N) is 1. The molecule has 1 amide bonds. The molecule has 1 heterocycles. The molecule has 1 atom stereocenters. The molecule has 1 aliphatic rings. The molecule has 1 fully saturated rings. The van der Waals surface area contributed by atoms with Crippen molar-refractivity contribution in [2.75, 3.05) is 19.6 Å². The molecule has 0 bridgehead atoms. The molecule has 6 heteroatoms. The van der Waals surface area contributed by atoms with Crippen LogP contribution in [0, 0.1) is 0 Å².